The molecule has 4 aromatic rings. The lowest BCUT2D eigenvalue weighted by Gasteiger charge is -2.19. The van der Waals surface area contributed by atoms with Gasteiger partial charge in [-0.2, -0.15) is 5.10 Å². The zero-order valence-corrected chi connectivity index (χ0v) is 20.4. The van der Waals surface area contributed by atoms with Crippen molar-refractivity contribution in [2.45, 2.75) is 6.92 Å². The molecular formula is C28H24N2O2S2. The monoisotopic (exact) mass is 484 g/mol. The number of ether oxygens (including phenoxy) is 2. The lowest BCUT2D eigenvalue weighted by Crippen LogP contribution is -2.15. The van der Waals surface area contributed by atoms with E-state index in [1.54, 1.807) is 22.7 Å². The van der Waals surface area contributed by atoms with Gasteiger partial charge in [0.2, 0.25) is 0 Å². The Morgan fingerprint density at radius 1 is 0.706 bits per heavy atom. The van der Waals surface area contributed by atoms with Crippen molar-refractivity contribution in [3.05, 3.63) is 98.4 Å². The number of hydrogen-bond donors (Lipinski definition) is 0. The molecule has 0 saturated heterocycles. The second-order valence-corrected chi connectivity index (χ2v) is 9.72. The molecule has 170 valence electrons. The molecule has 4 nitrogen and oxygen atoms in total. The first-order valence-corrected chi connectivity index (χ1v) is 12.7. The normalized spacial score (nSPS) is 13.3. The zero-order valence-electron chi connectivity index (χ0n) is 18.8. The molecule has 5 rings (SSSR count). The molecular weight excluding hydrogens is 460 g/mol. The van der Waals surface area contributed by atoms with Gasteiger partial charge in [0.15, 0.2) is 11.5 Å². The molecule has 0 saturated carbocycles. The molecule has 0 atom stereocenters. The summed E-state index contributed by atoms with van der Waals surface area (Å²) in [5.41, 5.74) is 1.98. The van der Waals surface area contributed by atoms with E-state index >= 15 is 0 Å². The Morgan fingerprint density at radius 2 is 1.29 bits per heavy atom. The number of benzene rings is 2. The zero-order chi connectivity index (χ0) is 23.2. The molecule has 0 spiro atoms. The fraction of sp³-hybridized carbons (Fsp3) is 0.107. The summed E-state index contributed by atoms with van der Waals surface area (Å²) in [6, 6.07) is 24.5. The van der Waals surface area contributed by atoms with Crippen molar-refractivity contribution in [3.8, 4) is 11.5 Å². The number of fused-ring (bicyclic) bond motifs is 1. The Kier molecular flexibility index (Phi) is 6.89. The topological polar surface area (TPSA) is 34.1 Å². The number of rotatable bonds is 7. The summed E-state index contributed by atoms with van der Waals surface area (Å²) in [7, 11) is 0. The van der Waals surface area contributed by atoms with Gasteiger partial charge in [0.1, 0.15) is 13.2 Å². The molecule has 0 aliphatic carbocycles. The molecule has 0 amide bonds. The van der Waals surface area contributed by atoms with Crippen LogP contribution in [-0.4, -0.2) is 19.4 Å². The number of thiophene rings is 2. The molecule has 6 heteroatoms. The fourth-order valence-electron chi connectivity index (χ4n) is 3.59. The van der Waals surface area contributed by atoms with Crippen LogP contribution in [0.3, 0.4) is 0 Å². The van der Waals surface area contributed by atoms with Crippen LogP contribution in [0.25, 0.3) is 18.2 Å². The van der Waals surface area contributed by atoms with Crippen LogP contribution < -0.4 is 14.5 Å². The van der Waals surface area contributed by atoms with Gasteiger partial charge in [-0.3, -0.25) is 0 Å². The predicted molar refractivity (Wildman–Crippen MR) is 146 cm³/mol. The van der Waals surface area contributed by atoms with Gasteiger partial charge in [-0.1, -0.05) is 42.5 Å². The maximum Gasteiger partial charge on any atom is 0.181 e. The van der Waals surface area contributed by atoms with Crippen LogP contribution in [-0.2, 0) is 0 Å². The number of hydrazone groups is 1. The Morgan fingerprint density at radius 3 is 1.91 bits per heavy atom. The lowest BCUT2D eigenvalue weighted by atomic mass is 10.2. The number of anilines is 2. The van der Waals surface area contributed by atoms with Crippen molar-refractivity contribution in [2.75, 3.05) is 18.2 Å². The van der Waals surface area contributed by atoms with Crippen molar-refractivity contribution in [2.24, 2.45) is 5.10 Å². The Balaban J connectivity index is 1.47. The number of allylic oxidation sites excluding steroid dienone is 1. The van der Waals surface area contributed by atoms with Crippen molar-refractivity contribution in [3.63, 3.8) is 0 Å². The third-order valence-corrected chi connectivity index (χ3v) is 7.19. The van der Waals surface area contributed by atoms with E-state index in [4.69, 9.17) is 14.6 Å². The van der Waals surface area contributed by atoms with Gasteiger partial charge in [-0.15, -0.1) is 22.7 Å². The SMILES string of the molecule is CC=Cc1ccc(C=Cc2sc(C=NN(c3ccccc3)c3ccccc3)c3c2OCCO3)s1. The van der Waals surface area contributed by atoms with Gasteiger partial charge >= 0.3 is 0 Å². The average Bonchev–Trinajstić information content (AvgIpc) is 3.49. The van der Waals surface area contributed by atoms with E-state index in [1.807, 2.05) is 78.8 Å². The van der Waals surface area contributed by atoms with Crippen molar-refractivity contribution in [1.29, 1.82) is 0 Å². The first kappa shape index (κ1) is 22.2. The van der Waals surface area contributed by atoms with Gasteiger partial charge in [-0.25, -0.2) is 5.01 Å². The molecule has 0 bridgehead atoms. The molecule has 0 unspecified atom stereocenters. The minimum absolute atomic E-state index is 0.534. The second kappa shape index (κ2) is 10.5. The fourth-order valence-corrected chi connectivity index (χ4v) is 5.44. The summed E-state index contributed by atoms with van der Waals surface area (Å²) in [5, 5.41) is 6.78. The summed E-state index contributed by atoms with van der Waals surface area (Å²) in [6.07, 6.45) is 10.3. The second-order valence-electron chi connectivity index (χ2n) is 7.49. The molecule has 1 aliphatic heterocycles. The van der Waals surface area contributed by atoms with Gasteiger partial charge in [-0.05, 0) is 61.5 Å². The number of nitrogens with zero attached hydrogens (tertiary/aromatic N) is 2. The van der Waals surface area contributed by atoms with Crippen molar-refractivity contribution in [1.82, 2.24) is 0 Å². The van der Waals surface area contributed by atoms with E-state index in [1.165, 1.54) is 9.75 Å². The van der Waals surface area contributed by atoms with Crippen molar-refractivity contribution < 1.29 is 9.47 Å². The summed E-state index contributed by atoms with van der Waals surface area (Å²) in [5.74, 6) is 1.56. The average molecular weight is 485 g/mol. The molecule has 34 heavy (non-hydrogen) atoms. The Labute approximate surface area is 207 Å². The van der Waals surface area contributed by atoms with Gasteiger partial charge in [0, 0.05) is 9.75 Å². The molecule has 0 radical (unpaired) electrons. The lowest BCUT2D eigenvalue weighted by molar-refractivity contribution is 0.173. The maximum atomic E-state index is 6.00. The van der Waals surface area contributed by atoms with Crippen LogP contribution >= 0.6 is 22.7 Å². The summed E-state index contributed by atoms with van der Waals surface area (Å²) < 4.78 is 12.0. The molecule has 2 aromatic heterocycles. The first-order chi connectivity index (χ1) is 16.8. The molecule has 0 fully saturated rings. The number of para-hydroxylation sites is 2. The maximum absolute atomic E-state index is 6.00. The number of hydrogen-bond acceptors (Lipinski definition) is 6. The van der Waals surface area contributed by atoms with Gasteiger partial charge in [0.05, 0.1) is 27.3 Å². The quantitative estimate of drug-likeness (QED) is 0.197. The molecule has 0 N–H and O–H groups in total. The summed E-state index contributed by atoms with van der Waals surface area (Å²) in [6.45, 7) is 3.11. The van der Waals surface area contributed by atoms with Crippen LogP contribution in [0.5, 0.6) is 11.5 Å². The third-order valence-electron chi connectivity index (χ3n) is 5.12. The Hall–Kier alpha value is -3.61. The molecule has 1 aliphatic rings. The minimum atomic E-state index is 0.534. The van der Waals surface area contributed by atoms with Crippen LogP contribution in [0.2, 0.25) is 0 Å². The van der Waals surface area contributed by atoms with Crippen molar-refractivity contribution >= 4 is 58.5 Å². The first-order valence-electron chi connectivity index (χ1n) is 11.1. The van der Waals surface area contributed by atoms with Crippen LogP contribution in [0.15, 0.2) is 84.0 Å². The van der Waals surface area contributed by atoms with Gasteiger partial charge in [0.25, 0.3) is 0 Å². The van der Waals surface area contributed by atoms with E-state index in [2.05, 4.69) is 36.4 Å². The van der Waals surface area contributed by atoms with Crippen LogP contribution in [0.4, 0.5) is 11.4 Å². The van der Waals surface area contributed by atoms with E-state index < -0.39 is 0 Å². The highest BCUT2D eigenvalue weighted by Gasteiger charge is 2.22. The van der Waals surface area contributed by atoms with Gasteiger partial charge < -0.3 is 9.47 Å². The van der Waals surface area contributed by atoms with E-state index in [-0.39, 0.29) is 0 Å². The van der Waals surface area contributed by atoms with Crippen LogP contribution in [0.1, 0.15) is 26.4 Å². The summed E-state index contributed by atoms with van der Waals surface area (Å²) in [4.78, 5) is 4.40. The highest BCUT2D eigenvalue weighted by atomic mass is 32.1. The largest absolute Gasteiger partial charge is 0.485 e. The molecule has 3 heterocycles. The third kappa shape index (κ3) is 4.98. The molecule has 2 aromatic carbocycles. The highest BCUT2D eigenvalue weighted by molar-refractivity contribution is 7.15. The smallest absolute Gasteiger partial charge is 0.181 e. The highest BCUT2D eigenvalue weighted by Crippen LogP contribution is 2.44. The predicted octanol–water partition coefficient (Wildman–Crippen LogP) is 7.96. The minimum Gasteiger partial charge on any atom is -0.485 e. The van der Waals surface area contributed by atoms with E-state index in [9.17, 15) is 0 Å². The van der Waals surface area contributed by atoms with E-state index in [0.717, 1.165) is 32.6 Å². The van der Waals surface area contributed by atoms with Crippen LogP contribution in [0, 0.1) is 0 Å². The Bertz CT molecular complexity index is 1280. The standard InChI is InChI=1S/C28H24N2O2S2/c1-2-9-23-14-15-24(33-23)16-17-25-27-28(32-19-18-31-27)26(34-25)20-29-30(21-10-5-3-6-11-21)22-12-7-4-8-13-22/h2-17,20H,18-19H2,1H3. The van der Waals surface area contributed by atoms with E-state index in [0.29, 0.717) is 13.2 Å². The summed E-state index contributed by atoms with van der Waals surface area (Å²) >= 11 is 3.38.